The molecule has 17 heavy (non-hydrogen) atoms. The summed E-state index contributed by atoms with van der Waals surface area (Å²) in [7, 11) is 1.63. The first-order valence-electron chi connectivity index (χ1n) is 5.82. The van der Waals surface area contributed by atoms with E-state index in [2.05, 4.69) is 0 Å². The molecule has 0 N–H and O–H groups in total. The lowest BCUT2D eigenvalue weighted by atomic mass is 10.0. The largest absolute Gasteiger partial charge is 0.382 e. The average molecular weight is 236 g/mol. The van der Waals surface area contributed by atoms with E-state index in [0.717, 1.165) is 16.7 Å². The van der Waals surface area contributed by atoms with Gasteiger partial charge in [-0.05, 0) is 25.5 Å². The molecule has 0 bridgehead atoms. The fraction of sp³-hybridized carbons (Fsp3) is 0.500. The molecule has 0 aliphatic carbocycles. The molecule has 3 nitrogen and oxygen atoms in total. The third-order valence-corrected chi connectivity index (χ3v) is 2.60. The van der Waals surface area contributed by atoms with Crippen LogP contribution in [0.3, 0.4) is 0 Å². The lowest BCUT2D eigenvalue weighted by Gasteiger charge is -2.07. The molecule has 1 aromatic carbocycles. The second-order valence-corrected chi connectivity index (χ2v) is 4.10. The van der Waals surface area contributed by atoms with E-state index < -0.39 is 0 Å². The van der Waals surface area contributed by atoms with Gasteiger partial charge in [-0.1, -0.05) is 17.7 Å². The van der Waals surface area contributed by atoms with Crippen molar-refractivity contribution in [2.75, 3.05) is 26.9 Å². The number of aryl methyl sites for hydroxylation is 2. The molecule has 0 aliphatic rings. The zero-order chi connectivity index (χ0) is 12.7. The number of ketones is 1. The highest BCUT2D eigenvalue weighted by molar-refractivity contribution is 5.97. The van der Waals surface area contributed by atoms with Crippen molar-refractivity contribution in [3.63, 3.8) is 0 Å². The molecule has 3 heteroatoms. The maximum absolute atomic E-state index is 11.9. The van der Waals surface area contributed by atoms with Crippen LogP contribution in [-0.2, 0) is 9.47 Å². The van der Waals surface area contributed by atoms with Gasteiger partial charge in [-0.3, -0.25) is 4.79 Å². The third kappa shape index (κ3) is 4.67. The predicted octanol–water partition coefficient (Wildman–Crippen LogP) is 2.54. The summed E-state index contributed by atoms with van der Waals surface area (Å²) in [6.07, 6.45) is 0.425. The number of carbonyl (C=O) groups excluding carboxylic acids is 1. The average Bonchev–Trinajstić information content (AvgIpc) is 2.32. The molecule has 1 rings (SSSR count). The van der Waals surface area contributed by atoms with Gasteiger partial charge < -0.3 is 9.47 Å². The molecule has 0 atom stereocenters. The van der Waals surface area contributed by atoms with Crippen molar-refractivity contribution in [1.29, 1.82) is 0 Å². The van der Waals surface area contributed by atoms with E-state index in [-0.39, 0.29) is 5.78 Å². The normalized spacial score (nSPS) is 10.5. The summed E-state index contributed by atoms with van der Waals surface area (Å²) in [5.74, 6) is 0.142. The first-order chi connectivity index (χ1) is 8.15. The van der Waals surface area contributed by atoms with Crippen LogP contribution in [0.15, 0.2) is 18.2 Å². The third-order valence-electron chi connectivity index (χ3n) is 2.60. The first-order valence-corrected chi connectivity index (χ1v) is 5.82. The van der Waals surface area contributed by atoms with Crippen LogP contribution in [0.2, 0.25) is 0 Å². The van der Waals surface area contributed by atoms with E-state index in [1.807, 2.05) is 32.0 Å². The van der Waals surface area contributed by atoms with Gasteiger partial charge in [-0.25, -0.2) is 0 Å². The smallest absolute Gasteiger partial charge is 0.165 e. The Morgan fingerprint density at radius 1 is 1.18 bits per heavy atom. The van der Waals surface area contributed by atoms with Crippen molar-refractivity contribution < 1.29 is 14.3 Å². The lowest BCUT2D eigenvalue weighted by Crippen LogP contribution is -2.09. The van der Waals surface area contributed by atoms with Crippen LogP contribution in [0.5, 0.6) is 0 Å². The van der Waals surface area contributed by atoms with Gasteiger partial charge in [0.05, 0.1) is 19.8 Å². The van der Waals surface area contributed by atoms with E-state index in [0.29, 0.717) is 26.2 Å². The number of carbonyl (C=O) groups is 1. The van der Waals surface area contributed by atoms with E-state index in [1.54, 1.807) is 7.11 Å². The van der Waals surface area contributed by atoms with Crippen LogP contribution in [0.4, 0.5) is 0 Å². The minimum absolute atomic E-state index is 0.142. The number of rotatable bonds is 7. The predicted molar refractivity (Wildman–Crippen MR) is 67.6 cm³/mol. The molecule has 0 amide bonds. The number of benzene rings is 1. The molecule has 0 aromatic heterocycles. The zero-order valence-corrected chi connectivity index (χ0v) is 10.8. The van der Waals surface area contributed by atoms with Crippen LogP contribution >= 0.6 is 0 Å². The van der Waals surface area contributed by atoms with E-state index in [1.165, 1.54) is 0 Å². The number of methoxy groups -OCH3 is 1. The summed E-state index contributed by atoms with van der Waals surface area (Å²) in [5.41, 5.74) is 2.94. The Morgan fingerprint density at radius 2 is 1.94 bits per heavy atom. The fourth-order valence-electron chi connectivity index (χ4n) is 1.58. The Balaban J connectivity index is 2.44. The van der Waals surface area contributed by atoms with E-state index in [4.69, 9.17) is 9.47 Å². The molecule has 0 fully saturated rings. The number of hydrogen-bond acceptors (Lipinski definition) is 3. The topological polar surface area (TPSA) is 35.5 Å². The maximum atomic E-state index is 11.9. The van der Waals surface area contributed by atoms with Gasteiger partial charge in [0, 0.05) is 19.1 Å². The van der Waals surface area contributed by atoms with Crippen molar-refractivity contribution in [2.24, 2.45) is 0 Å². The van der Waals surface area contributed by atoms with Crippen molar-refractivity contribution in [1.82, 2.24) is 0 Å². The highest BCUT2D eigenvalue weighted by Crippen LogP contribution is 2.12. The summed E-state index contributed by atoms with van der Waals surface area (Å²) in [6.45, 7) is 5.51. The summed E-state index contributed by atoms with van der Waals surface area (Å²) in [6, 6.07) is 5.93. The van der Waals surface area contributed by atoms with Crippen molar-refractivity contribution >= 4 is 5.78 Å². The van der Waals surface area contributed by atoms with Crippen molar-refractivity contribution in [3.05, 3.63) is 34.9 Å². The monoisotopic (exact) mass is 236 g/mol. The summed E-state index contributed by atoms with van der Waals surface area (Å²) < 4.78 is 10.1. The molecular formula is C14H20O3. The number of Topliss-reactive ketones (excluding diaryl/α,β-unsaturated/α-hetero) is 1. The Morgan fingerprint density at radius 3 is 2.65 bits per heavy atom. The lowest BCUT2D eigenvalue weighted by molar-refractivity contribution is 0.0641. The van der Waals surface area contributed by atoms with Crippen LogP contribution < -0.4 is 0 Å². The van der Waals surface area contributed by atoms with Gasteiger partial charge in [-0.15, -0.1) is 0 Å². The van der Waals surface area contributed by atoms with Crippen LogP contribution in [0.25, 0.3) is 0 Å². The SMILES string of the molecule is COCCOCCC(=O)c1cc(C)ccc1C. The maximum Gasteiger partial charge on any atom is 0.165 e. The highest BCUT2D eigenvalue weighted by Gasteiger charge is 2.08. The van der Waals surface area contributed by atoms with Gasteiger partial charge in [0.2, 0.25) is 0 Å². The van der Waals surface area contributed by atoms with Gasteiger partial charge in [0.1, 0.15) is 0 Å². The quantitative estimate of drug-likeness (QED) is 0.539. The minimum Gasteiger partial charge on any atom is -0.382 e. The molecule has 0 unspecified atom stereocenters. The number of ether oxygens (including phenoxy) is 2. The second kappa shape index (κ2) is 7.20. The Kier molecular flexibility index (Phi) is 5.87. The van der Waals surface area contributed by atoms with Gasteiger partial charge >= 0.3 is 0 Å². The Hall–Kier alpha value is -1.19. The minimum atomic E-state index is 0.142. The number of hydrogen-bond donors (Lipinski definition) is 0. The van der Waals surface area contributed by atoms with E-state index >= 15 is 0 Å². The fourth-order valence-corrected chi connectivity index (χ4v) is 1.58. The summed E-state index contributed by atoms with van der Waals surface area (Å²) >= 11 is 0. The molecule has 0 saturated carbocycles. The molecular weight excluding hydrogens is 216 g/mol. The van der Waals surface area contributed by atoms with Crippen LogP contribution in [-0.4, -0.2) is 32.7 Å². The molecule has 0 saturated heterocycles. The standard InChI is InChI=1S/C14H20O3/c1-11-4-5-12(2)13(10-11)14(15)6-7-17-9-8-16-3/h4-5,10H,6-9H2,1-3H3. The molecule has 94 valence electrons. The van der Waals surface area contributed by atoms with Crippen LogP contribution in [0.1, 0.15) is 27.9 Å². The van der Waals surface area contributed by atoms with Gasteiger partial charge in [0.25, 0.3) is 0 Å². The summed E-state index contributed by atoms with van der Waals surface area (Å²) in [5, 5.41) is 0. The van der Waals surface area contributed by atoms with Crippen molar-refractivity contribution in [2.45, 2.75) is 20.3 Å². The van der Waals surface area contributed by atoms with Gasteiger partial charge in [0.15, 0.2) is 5.78 Å². The highest BCUT2D eigenvalue weighted by atomic mass is 16.5. The summed E-state index contributed by atoms with van der Waals surface area (Å²) in [4.78, 5) is 11.9. The molecule has 0 spiro atoms. The van der Waals surface area contributed by atoms with Crippen LogP contribution in [0, 0.1) is 13.8 Å². The molecule has 1 aromatic rings. The molecule has 0 aliphatic heterocycles. The van der Waals surface area contributed by atoms with Gasteiger partial charge in [-0.2, -0.15) is 0 Å². The van der Waals surface area contributed by atoms with E-state index in [9.17, 15) is 4.79 Å². The first kappa shape index (κ1) is 13.9. The Labute approximate surface area is 103 Å². The molecule has 0 heterocycles. The zero-order valence-electron chi connectivity index (χ0n) is 10.8. The van der Waals surface area contributed by atoms with Crippen molar-refractivity contribution in [3.8, 4) is 0 Å². The second-order valence-electron chi connectivity index (χ2n) is 4.10. The molecule has 0 radical (unpaired) electrons. The Bertz CT molecular complexity index is 372.